The van der Waals surface area contributed by atoms with E-state index >= 15 is 0 Å². The van der Waals surface area contributed by atoms with E-state index < -0.39 is 27.1 Å². The molecule has 0 aliphatic heterocycles. The predicted octanol–water partition coefficient (Wildman–Crippen LogP) is 0.514. The zero-order valence-corrected chi connectivity index (χ0v) is 10.2. The fraction of sp³-hybridized carbons (Fsp3) is 0.800. The van der Waals surface area contributed by atoms with Gasteiger partial charge >= 0.3 is 5.97 Å². The lowest BCUT2D eigenvalue weighted by Crippen LogP contribution is -2.23. The summed E-state index contributed by atoms with van der Waals surface area (Å²) < 4.78 is 27.5. The summed E-state index contributed by atoms with van der Waals surface area (Å²) in [5, 5.41) is 8.95. The first-order chi connectivity index (χ1) is 7.41. The molecule has 1 aliphatic rings. The van der Waals surface area contributed by atoms with Crippen molar-refractivity contribution >= 4 is 15.8 Å². The van der Waals surface area contributed by atoms with E-state index in [0.29, 0.717) is 6.42 Å². The van der Waals surface area contributed by atoms with Gasteiger partial charge in [0.2, 0.25) is 0 Å². The van der Waals surface area contributed by atoms with E-state index in [1.165, 1.54) is 0 Å². The monoisotopic (exact) mass is 245 g/mol. The number of esters is 1. The Kier molecular flexibility index (Phi) is 3.58. The number of nitrogens with zero attached hydrogens (tertiary/aromatic N) is 1. The summed E-state index contributed by atoms with van der Waals surface area (Å²) in [4.78, 5) is 11.5. The van der Waals surface area contributed by atoms with Crippen molar-refractivity contribution < 1.29 is 17.9 Å². The van der Waals surface area contributed by atoms with Gasteiger partial charge in [-0.05, 0) is 13.3 Å². The van der Waals surface area contributed by atoms with Gasteiger partial charge in [-0.1, -0.05) is 6.92 Å². The van der Waals surface area contributed by atoms with Crippen LogP contribution in [0, 0.1) is 22.7 Å². The van der Waals surface area contributed by atoms with Crippen molar-refractivity contribution in [1.82, 2.24) is 0 Å². The Morgan fingerprint density at radius 3 is 2.62 bits per heavy atom. The highest BCUT2D eigenvalue weighted by Gasteiger charge is 2.63. The van der Waals surface area contributed by atoms with Crippen molar-refractivity contribution in [2.45, 2.75) is 20.3 Å². The second-order valence-corrected chi connectivity index (χ2v) is 6.30. The van der Waals surface area contributed by atoms with Gasteiger partial charge in [0.05, 0.1) is 18.4 Å². The lowest BCUT2D eigenvalue weighted by atomic mass is 10.1. The highest BCUT2D eigenvalue weighted by Crippen LogP contribution is 2.53. The molecule has 0 spiro atoms. The average molecular weight is 245 g/mol. The van der Waals surface area contributed by atoms with E-state index in [0.717, 1.165) is 0 Å². The molecule has 0 saturated heterocycles. The SMILES string of the molecule is CCOC(=O)C1(C#N)CC1CS(=O)(=O)CC. The summed E-state index contributed by atoms with van der Waals surface area (Å²) in [6.45, 7) is 3.41. The number of carbonyl (C=O) groups excluding carboxylic acids is 1. The topological polar surface area (TPSA) is 84.2 Å². The van der Waals surface area contributed by atoms with Gasteiger partial charge in [-0.25, -0.2) is 8.42 Å². The number of ether oxygens (including phenoxy) is 1. The van der Waals surface area contributed by atoms with Gasteiger partial charge in [-0.3, -0.25) is 4.79 Å². The van der Waals surface area contributed by atoms with Crippen LogP contribution < -0.4 is 0 Å². The Bertz CT molecular complexity index is 423. The van der Waals surface area contributed by atoms with Crippen LogP contribution in [0.1, 0.15) is 20.3 Å². The first kappa shape index (κ1) is 13.0. The van der Waals surface area contributed by atoms with E-state index in [-0.39, 0.29) is 18.1 Å². The van der Waals surface area contributed by atoms with Crippen LogP contribution in [0.5, 0.6) is 0 Å². The Labute approximate surface area is 95.3 Å². The highest BCUT2D eigenvalue weighted by molar-refractivity contribution is 7.91. The van der Waals surface area contributed by atoms with Crippen LogP contribution in [0.3, 0.4) is 0 Å². The molecule has 1 fully saturated rings. The van der Waals surface area contributed by atoms with Crippen LogP contribution in [0.15, 0.2) is 0 Å². The summed E-state index contributed by atoms with van der Waals surface area (Å²) in [6, 6.07) is 1.89. The van der Waals surface area contributed by atoms with Gasteiger partial charge in [-0.2, -0.15) is 5.26 Å². The van der Waals surface area contributed by atoms with Gasteiger partial charge in [0.15, 0.2) is 5.41 Å². The fourth-order valence-electron chi connectivity index (χ4n) is 1.65. The normalized spacial score (nSPS) is 28.2. The lowest BCUT2D eigenvalue weighted by Gasteiger charge is -2.07. The largest absolute Gasteiger partial charge is 0.465 e. The molecule has 0 amide bonds. The first-order valence-corrected chi connectivity index (χ1v) is 7.03. The molecule has 1 saturated carbocycles. The summed E-state index contributed by atoms with van der Waals surface area (Å²) >= 11 is 0. The molecule has 2 atom stereocenters. The van der Waals surface area contributed by atoms with E-state index in [1.807, 2.05) is 6.07 Å². The number of hydrogen-bond acceptors (Lipinski definition) is 5. The standard InChI is InChI=1S/C10H15NO4S/c1-3-15-9(12)10(7-11)5-8(10)6-16(13,14)4-2/h8H,3-6H2,1-2H3. The van der Waals surface area contributed by atoms with Crippen molar-refractivity contribution in [3.8, 4) is 6.07 Å². The Morgan fingerprint density at radius 1 is 1.56 bits per heavy atom. The molecule has 1 aliphatic carbocycles. The molecular formula is C10H15NO4S. The third kappa shape index (κ3) is 2.35. The van der Waals surface area contributed by atoms with Gasteiger partial charge in [0.25, 0.3) is 0 Å². The molecule has 90 valence electrons. The van der Waals surface area contributed by atoms with E-state index in [2.05, 4.69) is 0 Å². The van der Waals surface area contributed by atoms with Crippen LogP contribution >= 0.6 is 0 Å². The van der Waals surface area contributed by atoms with Crippen molar-refractivity contribution in [3.05, 3.63) is 0 Å². The van der Waals surface area contributed by atoms with Crippen molar-refractivity contribution in [3.63, 3.8) is 0 Å². The molecule has 1 rings (SSSR count). The lowest BCUT2D eigenvalue weighted by molar-refractivity contribution is -0.147. The van der Waals surface area contributed by atoms with Crippen LogP contribution in [0.4, 0.5) is 0 Å². The summed E-state index contributed by atoms with van der Waals surface area (Å²) in [5.74, 6) is -1.06. The average Bonchev–Trinajstić information content (AvgIpc) is 2.92. The highest BCUT2D eigenvalue weighted by atomic mass is 32.2. The molecule has 0 aromatic carbocycles. The van der Waals surface area contributed by atoms with Crippen LogP contribution in [0.2, 0.25) is 0 Å². The van der Waals surface area contributed by atoms with E-state index in [9.17, 15) is 13.2 Å². The number of sulfone groups is 1. The van der Waals surface area contributed by atoms with Crippen molar-refractivity contribution in [1.29, 1.82) is 5.26 Å². The first-order valence-electron chi connectivity index (χ1n) is 5.20. The van der Waals surface area contributed by atoms with Gasteiger partial charge in [0.1, 0.15) is 9.84 Å². The maximum Gasteiger partial charge on any atom is 0.326 e. The third-order valence-electron chi connectivity index (χ3n) is 2.84. The minimum atomic E-state index is -3.14. The smallest absolute Gasteiger partial charge is 0.326 e. The zero-order chi connectivity index (χ0) is 12.4. The summed E-state index contributed by atoms with van der Waals surface area (Å²) in [7, 11) is -3.14. The van der Waals surface area contributed by atoms with Crippen LogP contribution in [-0.4, -0.2) is 32.5 Å². The molecule has 2 unspecified atom stereocenters. The quantitative estimate of drug-likeness (QED) is 0.659. The third-order valence-corrected chi connectivity index (χ3v) is 4.63. The summed E-state index contributed by atoms with van der Waals surface area (Å²) in [6.07, 6.45) is 0.293. The number of hydrogen-bond donors (Lipinski definition) is 0. The minimum Gasteiger partial charge on any atom is -0.465 e. The maximum absolute atomic E-state index is 11.5. The molecule has 6 heteroatoms. The zero-order valence-electron chi connectivity index (χ0n) is 9.39. The molecule has 0 radical (unpaired) electrons. The number of nitriles is 1. The number of rotatable bonds is 5. The molecule has 16 heavy (non-hydrogen) atoms. The molecule has 0 aromatic rings. The van der Waals surface area contributed by atoms with Crippen molar-refractivity contribution in [2.24, 2.45) is 11.3 Å². The predicted molar refractivity (Wildman–Crippen MR) is 57.1 cm³/mol. The molecule has 0 aromatic heterocycles. The number of carbonyl (C=O) groups is 1. The molecular weight excluding hydrogens is 230 g/mol. The second-order valence-electron chi connectivity index (χ2n) is 3.90. The van der Waals surface area contributed by atoms with E-state index in [1.54, 1.807) is 13.8 Å². The minimum absolute atomic E-state index is 0.0355. The molecule has 0 N–H and O–H groups in total. The fourth-order valence-corrected chi connectivity index (χ4v) is 2.90. The summed E-state index contributed by atoms with van der Waals surface area (Å²) in [5.41, 5.74) is -1.21. The van der Waals surface area contributed by atoms with Gasteiger partial charge in [-0.15, -0.1) is 0 Å². The molecule has 0 heterocycles. The molecule has 5 nitrogen and oxygen atoms in total. The Morgan fingerprint density at radius 2 is 2.19 bits per heavy atom. The van der Waals surface area contributed by atoms with Gasteiger partial charge in [0, 0.05) is 11.7 Å². The Balaban J connectivity index is 2.71. The van der Waals surface area contributed by atoms with Gasteiger partial charge < -0.3 is 4.74 Å². The van der Waals surface area contributed by atoms with E-state index in [4.69, 9.17) is 10.00 Å². The maximum atomic E-state index is 11.5. The Hall–Kier alpha value is -1.09. The van der Waals surface area contributed by atoms with Crippen LogP contribution in [0.25, 0.3) is 0 Å². The van der Waals surface area contributed by atoms with Crippen LogP contribution in [-0.2, 0) is 19.4 Å². The molecule has 0 bridgehead atoms. The van der Waals surface area contributed by atoms with Crippen molar-refractivity contribution in [2.75, 3.05) is 18.1 Å². The second kappa shape index (κ2) is 4.42.